The summed E-state index contributed by atoms with van der Waals surface area (Å²) < 4.78 is 0. The topological polar surface area (TPSA) is 100 Å². The Morgan fingerprint density at radius 1 is 1.14 bits per heavy atom. The largest absolute Gasteiger partial charge is 4.00 e. The van der Waals surface area contributed by atoms with E-state index in [0.717, 1.165) is 0 Å². The first-order valence-electron chi connectivity index (χ1n) is 0.816. The van der Waals surface area contributed by atoms with E-state index >= 15 is 0 Å². The molecule has 0 spiro atoms. The van der Waals surface area contributed by atoms with Crippen LogP contribution in [-0.2, 0) is 21.7 Å². The molecule has 3 nitrogen and oxygen atoms in total. The molecule has 6 N–H and O–H groups in total. The van der Waals surface area contributed by atoms with Gasteiger partial charge in [0.15, 0.2) is 0 Å². The fourth-order valence-electron chi connectivity index (χ4n) is 0. The van der Waals surface area contributed by atoms with E-state index in [1.807, 2.05) is 0 Å². The van der Waals surface area contributed by atoms with E-state index in [1.54, 1.807) is 0 Å². The quantitative estimate of drug-likeness (QED) is 0.361. The Morgan fingerprint density at radius 2 is 1.14 bits per heavy atom. The van der Waals surface area contributed by atoms with E-state index in [1.165, 1.54) is 6.08 Å². The molecule has 0 aliphatic carbocycles. The summed E-state index contributed by atoms with van der Waals surface area (Å²) >= 11 is 0. The van der Waals surface area contributed by atoms with Crippen LogP contribution in [0.25, 0.3) is 18.5 Å². The molecular weight excluding hydrogens is 126 g/mol. The smallest absolute Gasteiger partial charge is 0.693 e. The van der Waals surface area contributed by atoms with Gasteiger partial charge in [0.05, 0.1) is 0 Å². The summed E-state index contributed by atoms with van der Waals surface area (Å²) in [6, 6.07) is 0. The molecule has 0 radical (unpaired) electrons. The fraction of sp³-hybridized carbons (Fsp3) is 0. The van der Waals surface area contributed by atoms with E-state index in [-0.39, 0.29) is 40.2 Å². The Bertz CT molecular complexity index is 17.7. The van der Waals surface area contributed by atoms with E-state index in [0.29, 0.717) is 0 Å². The molecule has 0 aromatic carbocycles. The van der Waals surface area contributed by atoms with Crippen LogP contribution in [0.15, 0.2) is 12.7 Å². The zero-order chi connectivity index (χ0) is 2.71. The molecule has 0 saturated carbocycles. The molecule has 0 rings (SSSR count). The molecule has 0 aromatic rings. The number of nitrogens with two attached hydrogens (primary N) is 3. The maximum atomic E-state index is 3.25. The molecule has 0 amide bonds. The van der Waals surface area contributed by atoms with E-state index in [4.69, 9.17) is 0 Å². The number of hydrogen-bond donors (Lipinski definition) is 0. The molecule has 0 fully saturated rings. The number of rotatable bonds is 0. The summed E-state index contributed by atoms with van der Waals surface area (Å²) in [5, 5.41) is 0. The van der Waals surface area contributed by atoms with Gasteiger partial charge in [0.1, 0.15) is 0 Å². The molecule has 0 heterocycles. The second-order valence-corrected chi connectivity index (χ2v) is 0.289. The molecule has 0 aliphatic rings. The number of allylic oxidation sites excluding steroid dienone is 1. The summed E-state index contributed by atoms with van der Waals surface area (Å²) in [5.41, 5.74) is 0. The van der Waals surface area contributed by atoms with Crippen molar-refractivity contribution in [2.45, 2.75) is 0 Å². The Balaban J connectivity index is -0.00000000333. The third-order valence-electron chi connectivity index (χ3n) is 0. The van der Waals surface area contributed by atoms with Gasteiger partial charge in [-0.05, 0) is 0 Å². The summed E-state index contributed by atoms with van der Waals surface area (Å²) in [4.78, 5) is 0. The van der Waals surface area contributed by atoms with Gasteiger partial charge in [0, 0.05) is 0 Å². The van der Waals surface area contributed by atoms with Gasteiger partial charge >= 0.3 is 21.7 Å². The van der Waals surface area contributed by atoms with Gasteiger partial charge in [0.25, 0.3) is 0 Å². The SMILES string of the molecule is C=C[CH2-].[NH2-].[NH2-].[NH2-].[Ti+4]. The minimum atomic E-state index is 0. The van der Waals surface area contributed by atoms with Crippen molar-refractivity contribution in [2.75, 3.05) is 0 Å². The van der Waals surface area contributed by atoms with E-state index < -0.39 is 0 Å². The molecule has 0 atom stereocenters. The van der Waals surface area contributed by atoms with Crippen molar-refractivity contribution in [3.05, 3.63) is 38.0 Å². The summed E-state index contributed by atoms with van der Waals surface area (Å²) in [7, 11) is 0. The van der Waals surface area contributed by atoms with Crippen LogP contribution in [0.4, 0.5) is 0 Å². The Hall–Kier alpha value is 0.204. The molecular formula is C3H11N3Ti. The van der Waals surface area contributed by atoms with Gasteiger partial charge in [-0.25, -0.2) is 19.6 Å². The van der Waals surface area contributed by atoms with Gasteiger partial charge in [-0.2, -0.15) is 0 Å². The first-order valence-corrected chi connectivity index (χ1v) is 0.816. The monoisotopic (exact) mass is 137 g/mol. The molecule has 42 valence electrons. The molecule has 0 unspecified atom stereocenters. The number of hydrogen-bond acceptors (Lipinski definition) is 0. The Labute approximate surface area is 60.2 Å². The van der Waals surface area contributed by atoms with Gasteiger partial charge in [0.2, 0.25) is 0 Å². The van der Waals surface area contributed by atoms with Crippen LogP contribution in [-0.4, -0.2) is 0 Å². The van der Waals surface area contributed by atoms with Crippen LogP contribution in [0.3, 0.4) is 0 Å². The molecule has 0 aromatic heterocycles. The molecule has 4 heteroatoms. The van der Waals surface area contributed by atoms with Gasteiger partial charge in [-0.1, -0.05) is 0 Å². The average molecular weight is 137 g/mol. The summed E-state index contributed by atoms with van der Waals surface area (Å²) in [6.07, 6.45) is 1.50. The summed E-state index contributed by atoms with van der Waals surface area (Å²) in [5.74, 6) is 0. The Kier molecular flexibility index (Phi) is 945. The Morgan fingerprint density at radius 3 is 1.14 bits per heavy atom. The van der Waals surface area contributed by atoms with Crippen molar-refractivity contribution in [1.82, 2.24) is 0 Å². The molecule has 7 heavy (non-hydrogen) atoms. The van der Waals surface area contributed by atoms with Crippen LogP contribution in [0.2, 0.25) is 0 Å². The third-order valence-corrected chi connectivity index (χ3v) is 0. The van der Waals surface area contributed by atoms with Crippen LogP contribution < -0.4 is 0 Å². The maximum absolute atomic E-state index is 3.25. The fourth-order valence-corrected chi connectivity index (χ4v) is 0. The standard InChI is InChI=1S/C3H5.3H2N.Ti/c1-3-2;;;;/h3H,1-2H2;3*1H2;/q4*-1;+4. The van der Waals surface area contributed by atoms with Crippen LogP contribution in [0.1, 0.15) is 0 Å². The van der Waals surface area contributed by atoms with Crippen molar-refractivity contribution < 1.29 is 21.7 Å². The zero-order valence-electron chi connectivity index (χ0n) is 4.22. The van der Waals surface area contributed by atoms with Gasteiger partial charge in [-0.15, -0.1) is 0 Å². The van der Waals surface area contributed by atoms with Gasteiger partial charge in [-0.3, -0.25) is 0 Å². The van der Waals surface area contributed by atoms with Crippen molar-refractivity contribution >= 4 is 0 Å². The van der Waals surface area contributed by atoms with Crippen molar-refractivity contribution in [1.29, 1.82) is 0 Å². The first kappa shape index (κ1) is 57.1. The predicted octanol–water partition coefficient (Wildman–Crippen LogP) is 3.16. The third kappa shape index (κ3) is 2630. The molecule has 0 saturated heterocycles. The average Bonchev–Trinajstić information content (AvgIpc) is 0.918. The predicted molar refractivity (Wildman–Crippen MR) is 31.4 cm³/mol. The minimum Gasteiger partial charge on any atom is -0.693 e. The second-order valence-electron chi connectivity index (χ2n) is 0.289. The van der Waals surface area contributed by atoms with Crippen molar-refractivity contribution in [2.24, 2.45) is 0 Å². The van der Waals surface area contributed by atoms with Gasteiger partial charge < -0.3 is 18.5 Å². The van der Waals surface area contributed by atoms with Crippen molar-refractivity contribution in [3.63, 3.8) is 0 Å². The molecule has 0 aliphatic heterocycles. The molecule has 0 bridgehead atoms. The van der Waals surface area contributed by atoms with E-state index in [2.05, 4.69) is 13.5 Å². The van der Waals surface area contributed by atoms with Crippen molar-refractivity contribution in [3.8, 4) is 0 Å². The second kappa shape index (κ2) is 116. The normalized spacial score (nSPS) is 1.71. The zero-order valence-corrected chi connectivity index (χ0v) is 5.79. The summed E-state index contributed by atoms with van der Waals surface area (Å²) in [6.45, 7) is 6.50. The minimum absolute atomic E-state index is 0. The van der Waals surface area contributed by atoms with E-state index in [9.17, 15) is 0 Å². The van der Waals surface area contributed by atoms with Crippen LogP contribution in [0, 0.1) is 6.92 Å². The first-order chi connectivity index (χ1) is 1.41. The maximum Gasteiger partial charge on any atom is 4.00 e. The van der Waals surface area contributed by atoms with Crippen LogP contribution >= 0.6 is 0 Å². The van der Waals surface area contributed by atoms with Crippen LogP contribution in [0.5, 0.6) is 0 Å².